The fraction of sp³-hybridized carbons (Fsp3) is 0.364. The minimum atomic E-state index is -4.43. The van der Waals surface area contributed by atoms with Gasteiger partial charge in [0.1, 0.15) is 12.3 Å². The van der Waals surface area contributed by atoms with Gasteiger partial charge in [0, 0.05) is 0 Å². The Kier molecular flexibility index (Phi) is 4.56. The van der Waals surface area contributed by atoms with Gasteiger partial charge in [0.25, 0.3) is 11.1 Å². The van der Waals surface area contributed by atoms with Crippen molar-refractivity contribution in [2.45, 2.75) is 18.3 Å². The Morgan fingerprint density at radius 3 is 2.81 bits per heavy atom. The number of nitrogens with one attached hydrogen (secondary N) is 1. The molecule has 10 heteroatoms. The fourth-order valence-electron chi connectivity index (χ4n) is 1.36. The highest BCUT2D eigenvalue weighted by Gasteiger charge is 2.27. The van der Waals surface area contributed by atoms with Gasteiger partial charge in [-0.25, -0.2) is 0 Å². The second-order valence-electron chi connectivity index (χ2n) is 3.94. The number of carbonyl (C=O) groups is 1. The summed E-state index contributed by atoms with van der Waals surface area (Å²) in [6, 6.07) is 1.65. The SMILES string of the molecule is Cc1occc1-c1nnc(SCC(=O)NCC(F)(F)F)o1. The predicted octanol–water partition coefficient (Wildman–Crippen LogP) is 2.41. The maximum absolute atomic E-state index is 11.9. The van der Waals surface area contributed by atoms with Crippen LogP contribution in [0.15, 0.2) is 26.4 Å². The standard InChI is InChI=1S/C11H10F3N3O3S/c1-6-7(2-3-19-6)9-16-17-10(20-9)21-4-8(18)15-5-11(12,13)14/h2-3H,4-5H2,1H3,(H,15,18). The second-order valence-corrected chi connectivity index (χ2v) is 4.87. The number of aromatic nitrogens is 2. The van der Waals surface area contributed by atoms with Crippen molar-refractivity contribution in [3.05, 3.63) is 18.1 Å². The lowest BCUT2D eigenvalue weighted by Gasteiger charge is -2.06. The number of halogens is 3. The Balaban J connectivity index is 1.86. The molecule has 0 radical (unpaired) electrons. The van der Waals surface area contributed by atoms with Gasteiger partial charge >= 0.3 is 6.18 Å². The van der Waals surface area contributed by atoms with Crippen LogP contribution in [-0.2, 0) is 4.79 Å². The summed E-state index contributed by atoms with van der Waals surface area (Å²) in [5, 5.41) is 9.31. The van der Waals surface area contributed by atoms with Gasteiger partial charge in [0.2, 0.25) is 5.91 Å². The molecule has 2 heterocycles. The van der Waals surface area contributed by atoms with Gasteiger partial charge in [0.15, 0.2) is 0 Å². The summed E-state index contributed by atoms with van der Waals surface area (Å²) in [5.74, 6) is -0.198. The monoisotopic (exact) mass is 321 g/mol. The molecule has 0 atom stereocenters. The van der Waals surface area contributed by atoms with E-state index < -0.39 is 18.6 Å². The molecule has 1 N–H and O–H groups in total. The van der Waals surface area contributed by atoms with E-state index in [1.807, 2.05) is 0 Å². The first-order valence-electron chi connectivity index (χ1n) is 5.69. The average Bonchev–Trinajstić information content (AvgIpc) is 3.01. The van der Waals surface area contributed by atoms with Crippen LogP contribution in [0.2, 0.25) is 0 Å². The molecular weight excluding hydrogens is 311 g/mol. The molecule has 0 aliphatic heterocycles. The molecule has 0 fully saturated rings. The zero-order valence-corrected chi connectivity index (χ0v) is 11.5. The molecule has 0 spiro atoms. The normalized spacial score (nSPS) is 11.6. The van der Waals surface area contributed by atoms with E-state index in [0.29, 0.717) is 11.3 Å². The lowest BCUT2D eigenvalue weighted by molar-refractivity contribution is -0.136. The molecule has 0 unspecified atom stereocenters. The van der Waals surface area contributed by atoms with Crippen LogP contribution in [0.5, 0.6) is 0 Å². The molecule has 6 nitrogen and oxygen atoms in total. The molecular formula is C11H10F3N3O3S. The Morgan fingerprint density at radius 1 is 1.43 bits per heavy atom. The lowest BCUT2D eigenvalue weighted by atomic mass is 10.3. The molecule has 0 aliphatic carbocycles. The third-order valence-corrected chi connectivity index (χ3v) is 3.13. The number of rotatable bonds is 5. The summed E-state index contributed by atoms with van der Waals surface area (Å²) in [6.45, 7) is 0.354. The van der Waals surface area contributed by atoms with Gasteiger partial charge in [-0.1, -0.05) is 11.8 Å². The van der Waals surface area contributed by atoms with Crippen molar-refractivity contribution in [3.8, 4) is 11.5 Å². The topological polar surface area (TPSA) is 81.2 Å². The first kappa shape index (κ1) is 15.4. The molecule has 114 valence electrons. The van der Waals surface area contributed by atoms with Crippen molar-refractivity contribution in [1.82, 2.24) is 15.5 Å². The molecule has 0 saturated heterocycles. The van der Waals surface area contributed by atoms with E-state index in [0.717, 1.165) is 11.8 Å². The largest absolute Gasteiger partial charge is 0.469 e. The number of amides is 1. The second kappa shape index (κ2) is 6.20. The first-order chi connectivity index (χ1) is 9.85. The Hall–Kier alpha value is -1.97. The van der Waals surface area contributed by atoms with Gasteiger partial charge in [-0.2, -0.15) is 13.2 Å². The highest BCUT2D eigenvalue weighted by molar-refractivity contribution is 7.99. The Labute approximate surface area is 121 Å². The predicted molar refractivity (Wildman–Crippen MR) is 66.5 cm³/mol. The summed E-state index contributed by atoms with van der Waals surface area (Å²) >= 11 is 0.853. The minimum Gasteiger partial charge on any atom is -0.469 e. The van der Waals surface area contributed by atoms with E-state index in [2.05, 4.69) is 10.2 Å². The first-order valence-corrected chi connectivity index (χ1v) is 6.68. The van der Waals surface area contributed by atoms with Crippen molar-refractivity contribution < 1.29 is 26.8 Å². The van der Waals surface area contributed by atoms with Gasteiger partial charge < -0.3 is 14.2 Å². The summed E-state index contributed by atoms with van der Waals surface area (Å²) in [7, 11) is 0. The Morgan fingerprint density at radius 2 is 2.19 bits per heavy atom. The van der Waals surface area contributed by atoms with Crippen LogP contribution in [0.1, 0.15) is 5.76 Å². The van der Waals surface area contributed by atoms with Crippen LogP contribution in [0.4, 0.5) is 13.2 Å². The molecule has 0 saturated carbocycles. The highest BCUT2D eigenvalue weighted by atomic mass is 32.2. The number of nitrogens with zero attached hydrogens (tertiary/aromatic N) is 2. The summed E-state index contributed by atoms with van der Waals surface area (Å²) < 4.78 is 46.1. The lowest BCUT2D eigenvalue weighted by Crippen LogP contribution is -2.34. The minimum absolute atomic E-state index is 0.0905. The van der Waals surface area contributed by atoms with Crippen molar-refractivity contribution in [3.63, 3.8) is 0 Å². The van der Waals surface area contributed by atoms with E-state index in [1.165, 1.54) is 6.26 Å². The number of aryl methyl sites for hydroxylation is 1. The number of thioether (sulfide) groups is 1. The zero-order valence-electron chi connectivity index (χ0n) is 10.7. The molecule has 2 aromatic heterocycles. The van der Waals surface area contributed by atoms with E-state index in [1.54, 1.807) is 18.3 Å². The summed E-state index contributed by atoms with van der Waals surface area (Å²) in [4.78, 5) is 11.2. The van der Waals surface area contributed by atoms with Crippen LogP contribution in [-0.4, -0.2) is 34.6 Å². The molecule has 2 rings (SSSR count). The van der Waals surface area contributed by atoms with Crippen LogP contribution < -0.4 is 5.32 Å². The zero-order chi connectivity index (χ0) is 15.5. The van der Waals surface area contributed by atoms with Gasteiger partial charge in [-0.15, -0.1) is 10.2 Å². The van der Waals surface area contributed by atoms with Crippen molar-refractivity contribution >= 4 is 17.7 Å². The maximum Gasteiger partial charge on any atom is 0.405 e. The van der Waals surface area contributed by atoms with Crippen molar-refractivity contribution in [2.24, 2.45) is 0 Å². The average molecular weight is 321 g/mol. The molecule has 21 heavy (non-hydrogen) atoms. The Bertz CT molecular complexity index is 624. The highest BCUT2D eigenvalue weighted by Crippen LogP contribution is 2.26. The number of hydrogen-bond acceptors (Lipinski definition) is 6. The summed E-state index contributed by atoms with van der Waals surface area (Å²) in [6.07, 6.45) is -2.97. The fourth-order valence-corrected chi connectivity index (χ4v) is 1.95. The third-order valence-electron chi connectivity index (χ3n) is 2.31. The van der Waals surface area contributed by atoms with Crippen LogP contribution in [0.25, 0.3) is 11.5 Å². The molecule has 0 bridgehead atoms. The van der Waals surface area contributed by atoms with Crippen molar-refractivity contribution in [1.29, 1.82) is 0 Å². The van der Waals surface area contributed by atoms with Gasteiger partial charge in [-0.3, -0.25) is 4.79 Å². The maximum atomic E-state index is 11.9. The number of furan rings is 1. The summed E-state index contributed by atoms with van der Waals surface area (Å²) in [5.41, 5.74) is 0.621. The van der Waals surface area contributed by atoms with E-state index in [-0.39, 0.29) is 16.9 Å². The van der Waals surface area contributed by atoms with Crippen molar-refractivity contribution in [2.75, 3.05) is 12.3 Å². The number of carbonyl (C=O) groups excluding carboxylic acids is 1. The number of hydrogen-bond donors (Lipinski definition) is 1. The molecule has 0 aliphatic rings. The van der Waals surface area contributed by atoms with E-state index >= 15 is 0 Å². The van der Waals surface area contributed by atoms with Crippen LogP contribution >= 0.6 is 11.8 Å². The quantitative estimate of drug-likeness (QED) is 0.852. The van der Waals surface area contributed by atoms with Gasteiger partial charge in [-0.05, 0) is 13.0 Å². The van der Waals surface area contributed by atoms with Gasteiger partial charge in [0.05, 0.1) is 17.6 Å². The van der Waals surface area contributed by atoms with E-state index in [9.17, 15) is 18.0 Å². The van der Waals surface area contributed by atoms with Crippen LogP contribution in [0.3, 0.4) is 0 Å². The van der Waals surface area contributed by atoms with Crippen LogP contribution in [0, 0.1) is 6.92 Å². The number of alkyl halides is 3. The van der Waals surface area contributed by atoms with E-state index in [4.69, 9.17) is 8.83 Å². The smallest absolute Gasteiger partial charge is 0.405 e. The molecule has 1 amide bonds. The molecule has 0 aromatic carbocycles. The third kappa shape index (κ3) is 4.52. The molecule has 2 aromatic rings.